The predicted octanol–water partition coefficient (Wildman–Crippen LogP) is 4.90. The van der Waals surface area contributed by atoms with Gasteiger partial charge in [0.2, 0.25) is 0 Å². The van der Waals surface area contributed by atoms with E-state index in [9.17, 15) is 4.79 Å². The molecule has 0 radical (unpaired) electrons. The lowest BCUT2D eigenvalue weighted by Gasteiger charge is -2.29. The van der Waals surface area contributed by atoms with Gasteiger partial charge in [-0.1, -0.05) is 42.5 Å². The maximum Gasteiger partial charge on any atom is 0.309 e. The van der Waals surface area contributed by atoms with Crippen LogP contribution >= 0.6 is 11.3 Å². The van der Waals surface area contributed by atoms with Crippen molar-refractivity contribution < 1.29 is 14.3 Å². The molecule has 0 fully saturated rings. The average Bonchev–Trinajstić information content (AvgIpc) is 3.22. The van der Waals surface area contributed by atoms with Crippen LogP contribution in [0.4, 0.5) is 0 Å². The molecule has 4 rings (SSSR count). The van der Waals surface area contributed by atoms with Gasteiger partial charge in [0.1, 0.15) is 5.01 Å². The Labute approximate surface area is 162 Å². The maximum atomic E-state index is 12.1. The molecule has 2 aromatic carbocycles. The van der Waals surface area contributed by atoms with Gasteiger partial charge in [0.15, 0.2) is 0 Å². The lowest BCUT2D eigenvalue weighted by molar-refractivity contribution is -0.147. The molecule has 138 valence electrons. The Morgan fingerprint density at radius 2 is 1.93 bits per heavy atom. The molecule has 2 atom stereocenters. The predicted molar refractivity (Wildman–Crippen MR) is 107 cm³/mol. The first-order valence-corrected chi connectivity index (χ1v) is 9.82. The van der Waals surface area contributed by atoms with Crippen LogP contribution < -0.4 is 0 Å². The van der Waals surface area contributed by atoms with Crippen LogP contribution in [0.5, 0.6) is 0 Å². The number of hydrogen-bond acceptors (Lipinski definition) is 5. The SMILES string of the molecule is COC(=O)C1Cc2cc(-c3nc(-c4ccccc4)cs3)ccc2C(OC)C1. The van der Waals surface area contributed by atoms with Crippen molar-refractivity contribution in [3.8, 4) is 21.8 Å². The summed E-state index contributed by atoms with van der Waals surface area (Å²) in [4.78, 5) is 16.9. The van der Waals surface area contributed by atoms with E-state index in [0.29, 0.717) is 12.8 Å². The number of methoxy groups -OCH3 is 2. The fraction of sp³-hybridized carbons (Fsp3) is 0.273. The molecule has 5 heteroatoms. The zero-order chi connectivity index (χ0) is 18.8. The van der Waals surface area contributed by atoms with Crippen LogP contribution in [0, 0.1) is 5.92 Å². The number of ether oxygens (including phenoxy) is 2. The van der Waals surface area contributed by atoms with E-state index in [1.54, 1.807) is 18.4 Å². The second kappa shape index (κ2) is 7.62. The Morgan fingerprint density at radius 1 is 1.11 bits per heavy atom. The van der Waals surface area contributed by atoms with Crippen LogP contribution in [0.1, 0.15) is 23.7 Å². The molecule has 2 unspecified atom stereocenters. The molecule has 27 heavy (non-hydrogen) atoms. The Balaban J connectivity index is 1.67. The minimum absolute atomic E-state index is 0.0805. The molecule has 0 amide bonds. The fourth-order valence-electron chi connectivity index (χ4n) is 3.68. The fourth-order valence-corrected chi connectivity index (χ4v) is 4.51. The van der Waals surface area contributed by atoms with E-state index in [-0.39, 0.29) is 18.0 Å². The van der Waals surface area contributed by atoms with Crippen molar-refractivity contribution in [1.29, 1.82) is 0 Å². The number of thiazole rings is 1. The minimum atomic E-state index is -0.172. The largest absolute Gasteiger partial charge is 0.469 e. The van der Waals surface area contributed by atoms with E-state index < -0.39 is 0 Å². The Kier molecular flexibility index (Phi) is 5.05. The number of nitrogens with zero attached hydrogens (tertiary/aromatic N) is 1. The summed E-state index contributed by atoms with van der Waals surface area (Å²) in [6.45, 7) is 0. The van der Waals surface area contributed by atoms with E-state index in [4.69, 9.17) is 14.5 Å². The highest BCUT2D eigenvalue weighted by Gasteiger charge is 2.32. The van der Waals surface area contributed by atoms with Crippen LogP contribution in [0.3, 0.4) is 0 Å². The molecular weight excluding hydrogens is 358 g/mol. The topological polar surface area (TPSA) is 48.4 Å². The highest BCUT2D eigenvalue weighted by atomic mass is 32.1. The van der Waals surface area contributed by atoms with Crippen molar-refractivity contribution in [3.63, 3.8) is 0 Å². The van der Waals surface area contributed by atoms with Gasteiger partial charge in [-0.15, -0.1) is 11.3 Å². The van der Waals surface area contributed by atoms with Crippen molar-refractivity contribution in [2.75, 3.05) is 14.2 Å². The molecule has 0 saturated carbocycles. The van der Waals surface area contributed by atoms with Gasteiger partial charge in [0.25, 0.3) is 0 Å². The first kappa shape index (κ1) is 17.9. The third-order valence-corrected chi connectivity index (χ3v) is 5.99. The van der Waals surface area contributed by atoms with Crippen LogP contribution in [0.25, 0.3) is 21.8 Å². The number of hydrogen-bond donors (Lipinski definition) is 0. The van der Waals surface area contributed by atoms with E-state index in [1.807, 2.05) is 18.2 Å². The van der Waals surface area contributed by atoms with E-state index >= 15 is 0 Å². The lowest BCUT2D eigenvalue weighted by atomic mass is 9.81. The number of rotatable bonds is 4. The lowest BCUT2D eigenvalue weighted by Crippen LogP contribution is -2.27. The van der Waals surface area contributed by atoms with Gasteiger partial charge in [0.05, 0.1) is 24.8 Å². The zero-order valence-electron chi connectivity index (χ0n) is 15.3. The summed E-state index contributed by atoms with van der Waals surface area (Å²) in [7, 11) is 3.13. The second-order valence-corrected chi connectivity index (χ2v) is 7.56. The van der Waals surface area contributed by atoms with E-state index in [1.165, 1.54) is 7.11 Å². The van der Waals surface area contributed by atoms with Crippen LogP contribution in [0.15, 0.2) is 53.9 Å². The molecule has 0 saturated heterocycles. The molecule has 1 aromatic heterocycles. The number of aromatic nitrogens is 1. The summed E-state index contributed by atoms with van der Waals surface area (Å²) in [6, 6.07) is 16.5. The van der Waals surface area contributed by atoms with E-state index in [2.05, 4.69) is 35.7 Å². The third kappa shape index (κ3) is 3.53. The van der Waals surface area contributed by atoms with Crippen molar-refractivity contribution in [1.82, 2.24) is 4.98 Å². The number of carbonyl (C=O) groups excluding carboxylic acids is 1. The highest BCUT2D eigenvalue weighted by Crippen LogP contribution is 2.38. The molecule has 1 aliphatic rings. The molecule has 0 spiro atoms. The summed E-state index contributed by atoms with van der Waals surface area (Å²) in [5, 5.41) is 3.06. The van der Waals surface area contributed by atoms with Crippen LogP contribution in [-0.2, 0) is 20.7 Å². The van der Waals surface area contributed by atoms with Crippen molar-refractivity contribution in [3.05, 3.63) is 65.0 Å². The summed E-state index contributed by atoms with van der Waals surface area (Å²) < 4.78 is 10.6. The van der Waals surface area contributed by atoms with Gasteiger partial charge in [-0.25, -0.2) is 4.98 Å². The Hall–Kier alpha value is -2.50. The Bertz CT molecular complexity index is 951. The summed E-state index contributed by atoms with van der Waals surface area (Å²) in [5.74, 6) is -0.340. The van der Waals surface area contributed by atoms with E-state index in [0.717, 1.165) is 33.0 Å². The number of esters is 1. The van der Waals surface area contributed by atoms with Gasteiger partial charge in [0, 0.05) is 23.6 Å². The van der Waals surface area contributed by atoms with Crippen LogP contribution in [-0.4, -0.2) is 25.2 Å². The van der Waals surface area contributed by atoms with Gasteiger partial charge in [-0.05, 0) is 30.0 Å². The van der Waals surface area contributed by atoms with Gasteiger partial charge in [-0.3, -0.25) is 4.79 Å². The molecule has 0 bridgehead atoms. The Morgan fingerprint density at radius 3 is 2.67 bits per heavy atom. The number of benzene rings is 2. The molecular formula is C22H21NO3S. The zero-order valence-corrected chi connectivity index (χ0v) is 16.2. The number of fused-ring (bicyclic) bond motifs is 1. The quantitative estimate of drug-likeness (QED) is 0.605. The standard InChI is InChI=1S/C22H21NO3S/c1-25-20-12-17(22(24)26-2)11-16-10-15(8-9-18(16)20)21-23-19(13-27-21)14-6-4-3-5-7-14/h3-10,13,17,20H,11-12H2,1-2H3. The first-order valence-electron chi connectivity index (χ1n) is 8.94. The van der Waals surface area contributed by atoms with Crippen molar-refractivity contribution in [2.45, 2.75) is 18.9 Å². The highest BCUT2D eigenvalue weighted by molar-refractivity contribution is 7.13. The van der Waals surface area contributed by atoms with Crippen molar-refractivity contribution >= 4 is 17.3 Å². The molecule has 1 aliphatic carbocycles. The van der Waals surface area contributed by atoms with Gasteiger partial charge >= 0.3 is 5.97 Å². The molecule has 0 N–H and O–H groups in total. The maximum absolute atomic E-state index is 12.1. The summed E-state index contributed by atoms with van der Waals surface area (Å²) >= 11 is 1.63. The van der Waals surface area contributed by atoms with Gasteiger partial charge < -0.3 is 9.47 Å². The third-order valence-electron chi connectivity index (χ3n) is 5.09. The van der Waals surface area contributed by atoms with Crippen molar-refractivity contribution in [2.24, 2.45) is 5.92 Å². The summed E-state index contributed by atoms with van der Waals surface area (Å²) in [6.07, 6.45) is 1.25. The average molecular weight is 379 g/mol. The molecule has 1 heterocycles. The summed E-state index contributed by atoms with van der Waals surface area (Å²) in [5.41, 5.74) is 5.46. The first-order chi connectivity index (χ1) is 13.2. The van der Waals surface area contributed by atoms with Crippen LogP contribution in [0.2, 0.25) is 0 Å². The monoisotopic (exact) mass is 379 g/mol. The van der Waals surface area contributed by atoms with Gasteiger partial charge in [-0.2, -0.15) is 0 Å². The normalized spacial score (nSPS) is 18.7. The number of carbonyl (C=O) groups is 1. The molecule has 0 aliphatic heterocycles. The minimum Gasteiger partial charge on any atom is -0.469 e. The second-order valence-electron chi connectivity index (χ2n) is 6.70. The molecule has 3 aromatic rings. The molecule has 4 nitrogen and oxygen atoms in total. The smallest absolute Gasteiger partial charge is 0.309 e.